The van der Waals surface area contributed by atoms with Crippen LogP contribution in [0.25, 0.3) is 0 Å². The van der Waals surface area contributed by atoms with E-state index in [1.54, 1.807) is 25.3 Å². The first-order valence-corrected chi connectivity index (χ1v) is 6.52. The number of aryl methyl sites for hydroxylation is 1. The number of rotatable bonds is 3. The Morgan fingerprint density at radius 3 is 2.74 bits per heavy atom. The molecular weight excluding hydrogens is 316 g/mol. The Morgan fingerprint density at radius 2 is 2.05 bits per heavy atom. The van der Waals surface area contributed by atoms with Crippen LogP contribution < -0.4 is 0 Å². The largest absolute Gasteiger partial charge is 0.388 e. The highest BCUT2D eigenvalue weighted by Crippen LogP contribution is 2.27. The standard InChI is InChI=1S/C14H12BrF2NO/c1-8-9(3-2-6-18-8)13(19)7-10-12(16)5-4-11(15)14(10)17/h2-6,13,19H,7H2,1H3. The van der Waals surface area contributed by atoms with Crippen LogP contribution in [0, 0.1) is 18.6 Å². The molecule has 0 saturated heterocycles. The molecule has 1 aromatic heterocycles. The van der Waals surface area contributed by atoms with Crippen molar-refractivity contribution in [2.75, 3.05) is 0 Å². The molecule has 1 N–H and O–H groups in total. The van der Waals surface area contributed by atoms with Crippen LogP contribution in [-0.4, -0.2) is 10.1 Å². The Bertz CT molecular complexity index is 604. The van der Waals surface area contributed by atoms with Crippen molar-refractivity contribution in [3.63, 3.8) is 0 Å². The van der Waals surface area contributed by atoms with Crippen LogP contribution in [0.15, 0.2) is 34.9 Å². The van der Waals surface area contributed by atoms with E-state index in [9.17, 15) is 13.9 Å². The number of pyridine rings is 1. The fourth-order valence-corrected chi connectivity index (χ4v) is 2.28. The number of aliphatic hydroxyl groups is 1. The summed E-state index contributed by atoms with van der Waals surface area (Å²) >= 11 is 3.01. The van der Waals surface area contributed by atoms with Crippen molar-refractivity contribution in [3.05, 3.63) is 63.4 Å². The number of nitrogens with zero attached hydrogens (tertiary/aromatic N) is 1. The fraction of sp³-hybridized carbons (Fsp3) is 0.214. The lowest BCUT2D eigenvalue weighted by Gasteiger charge is -2.14. The van der Waals surface area contributed by atoms with Gasteiger partial charge >= 0.3 is 0 Å². The zero-order valence-electron chi connectivity index (χ0n) is 10.2. The summed E-state index contributed by atoms with van der Waals surface area (Å²) in [4.78, 5) is 4.05. The Labute approximate surface area is 118 Å². The molecular formula is C14H12BrF2NO. The third-order valence-electron chi connectivity index (χ3n) is 2.94. The van der Waals surface area contributed by atoms with E-state index >= 15 is 0 Å². The van der Waals surface area contributed by atoms with Gasteiger partial charge in [-0.25, -0.2) is 8.78 Å². The maximum absolute atomic E-state index is 13.8. The van der Waals surface area contributed by atoms with E-state index in [0.717, 1.165) is 0 Å². The van der Waals surface area contributed by atoms with Crippen LogP contribution in [0.4, 0.5) is 8.78 Å². The minimum atomic E-state index is -0.994. The van der Waals surface area contributed by atoms with Crippen molar-refractivity contribution in [1.29, 1.82) is 0 Å². The lowest BCUT2D eigenvalue weighted by atomic mass is 10.00. The smallest absolute Gasteiger partial charge is 0.143 e. The number of hydrogen-bond donors (Lipinski definition) is 1. The number of aromatic nitrogens is 1. The number of aliphatic hydroxyl groups excluding tert-OH is 1. The third kappa shape index (κ3) is 2.98. The predicted octanol–water partition coefficient (Wildman–Crippen LogP) is 3.71. The van der Waals surface area contributed by atoms with Gasteiger partial charge in [-0.15, -0.1) is 0 Å². The maximum Gasteiger partial charge on any atom is 0.143 e. The second kappa shape index (κ2) is 5.75. The van der Waals surface area contributed by atoms with E-state index in [-0.39, 0.29) is 16.5 Å². The molecule has 1 heterocycles. The summed E-state index contributed by atoms with van der Waals surface area (Å²) in [6.45, 7) is 1.74. The van der Waals surface area contributed by atoms with Crippen LogP contribution in [0.3, 0.4) is 0 Å². The summed E-state index contributed by atoms with van der Waals surface area (Å²) in [6.07, 6.45) is 0.474. The van der Waals surface area contributed by atoms with Crippen LogP contribution in [-0.2, 0) is 6.42 Å². The summed E-state index contributed by atoms with van der Waals surface area (Å²) < 4.78 is 27.6. The van der Waals surface area contributed by atoms with Crippen LogP contribution in [0.5, 0.6) is 0 Å². The van der Waals surface area contributed by atoms with E-state index in [2.05, 4.69) is 20.9 Å². The summed E-state index contributed by atoms with van der Waals surface area (Å²) in [5.74, 6) is -1.35. The Morgan fingerprint density at radius 1 is 1.32 bits per heavy atom. The van der Waals surface area contributed by atoms with Crippen LogP contribution in [0.2, 0.25) is 0 Å². The predicted molar refractivity (Wildman–Crippen MR) is 71.7 cm³/mol. The van der Waals surface area contributed by atoms with Crippen LogP contribution in [0.1, 0.15) is 22.9 Å². The van der Waals surface area contributed by atoms with Crippen molar-refractivity contribution < 1.29 is 13.9 Å². The molecule has 19 heavy (non-hydrogen) atoms. The minimum Gasteiger partial charge on any atom is -0.388 e. The lowest BCUT2D eigenvalue weighted by molar-refractivity contribution is 0.174. The van der Waals surface area contributed by atoms with Gasteiger partial charge in [-0.05, 0) is 41.1 Å². The topological polar surface area (TPSA) is 33.1 Å². The molecule has 100 valence electrons. The molecule has 0 amide bonds. The molecule has 1 atom stereocenters. The van der Waals surface area contributed by atoms with Gasteiger partial charge in [-0.3, -0.25) is 4.98 Å². The zero-order valence-corrected chi connectivity index (χ0v) is 11.8. The molecule has 0 saturated carbocycles. The highest BCUT2D eigenvalue weighted by molar-refractivity contribution is 9.10. The molecule has 1 aromatic carbocycles. The van der Waals surface area contributed by atoms with Crippen molar-refractivity contribution >= 4 is 15.9 Å². The van der Waals surface area contributed by atoms with Gasteiger partial charge in [0.25, 0.3) is 0 Å². The SMILES string of the molecule is Cc1ncccc1C(O)Cc1c(F)ccc(Br)c1F. The molecule has 0 radical (unpaired) electrons. The highest BCUT2D eigenvalue weighted by atomic mass is 79.9. The summed E-state index contributed by atoms with van der Waals surface area (Å²) in [6, 6.07) is 5.85. The number of benzene rings is 1. The first kappa shape index (κ1) is 14.1. The second-order valence-corrected chi connectivity index (χ2v) is 5.07. The van der Waals surface area contributed by atoms with Gasteiger partial charge in [-0.1, -0.05) is 6.07 Å². The van der Waals surface area contributed by atoms with E-state index in [0.29, 0.717) is 11.3 Å². The third-order valence-corrected chi connectivity index (χ3v) is 3.56. The quantitative estimate of drug-likeness (QED) is 0.872. The molecule has 5 heteroatoms. The van der Waals surface area contributed by atoms with Gasteiger partial charge in [0, 0.05) is 29.4 Å². The summed E-state index contributed by atoms with van der Waals surface area (Å²) in [5, 5.41) is 10.1. The van der Waals surface area contributed by atoms with Gasteiger partial charge < -0.3 is 5.11 Å². The van der Waals surface area contributed by atoms with E-state index in [1.807, 2.05) is 0 Å². The first-order valence-electron chi connectivity index (χ1n) is 5.72. The molecule has 0 spiro atoms. The Balaban J connectivity index is 2.32. The number of halogens is 3. The van der Waals surface area contributed by atoms with E-state index < -0.39 is 17.7 Å². The summed E-state index contributed by atoms with van der Waals surface area (Å²) in [5.41, 5.74) is 1.08. The molecule has 2 rings (SSSR count). The molecule has 2 nitrogen and oxygen atoms in total. The molecule has 1 unspecified atom stereocenters. The Hall–Kier alpha value is -1.33. The monoisotopic (exact) mass is 327 g/mol. The molecule has 0 aliphatic rings. The highest BCUT2D eigenvalue weighted by Gasteiger charge is 2.18. The van der Waals surface area contributed by atoms with E-state index in [1.165, 1.54) is 12.1 Å². The molecule has 0 aliphatic carbocycles. The van der Waals surface area contributed by atoms with Crippen LogP contribution >= 0.6 is 15.9 Å². The zero-order chi connectivity index (χ0) is 14.0. The second-order valence-electron chi connectivity index (χ2n) is 4.22. The lowest BCUT2D eigenvalue weighted by Crippen LogP contribution is -2.08. The fourth-order valence-electron chi connectivity index (χ4n) is 1.91. The van der Waals surface area contributed by atoms with Gasteiger partial charge in [0.15, 0.2) is 0 Å². The molecule has 0 aliphatic heterocycles. The van der Waals surface area contributed by atoms with Crippen molar-refractivity contribution in [2.45, 2.75) is 19.4 Å². The van der Waals surface area contributed by atoms with Gasteiger partial charge in [0.05, 0.1) is 10.6 Å². The van der Waals surface area contributed by atoms with E-state index in [4.69, 9.17) is 0 Å². The summed E-state index contributed by atoms with van der Waals surface area (Å²) in [7, 11) is 0. The molecule has 2 aromatic rings. The first-order chi connectivity index (χ1) is 9.00. The minimum absolute atomic E-state index is 0.134. The van der Waals surface area contributed by atoms with Gasteiger partial charge in [-0.2, -0.15) is 0 Å². The van der Waals surface area contributed by atoms with Crippen molar-refractivity contribution in [3.8, 4) is 0 Å². The molecule has 0 fully saturated rings. The number of hydrogen-bond acceptors (Lipinski definition) is 2. The van der Waals surface area contributed by atoms with Gasteiger partial charge in [0.2, 0.25) is 0 Å². The maximum atomic E-state index is 13.8. The van der Waals surface area contributed by atoms with Crippen molar-refractivity contribution in [1.82, 2.24) is 4.98 Å². The van der Waals surface area contributed by atoms with Crippen molar-refractivity contribution in [2.24, 2.45) is 0 Å². The average molecular weight is 328 g/mol. The Kier molecular flexibility index (Phi) is 4.27. The average Bonchev–Trinajstić information content (AvgIpc) is 2.39. The normalized spacial score (nSPS) is 12.5. The van der Waals surface area contributed by atoms with Gasteiger partial charge in [0.1, 0.15) is 11.6 Å². The molecule has 0 bridgehead atoms.